The molecule has 0 fully saturated rings. The zero-order valence-electron chi connectivity index (χ0n) is 13.3. The van der Waals surface area contributed by atoms with Crippen LogP contribution in [0.3, 0.4) is 0 Å². The first-order valence-electron chi connectivity index (χ1n) is 7.53. The molecule has 0 bridgehead atoms. The topological polar surface area (TPSA) is 33.5 Å². The van der Waals surface area contributed by atoms with Gasteiger partial charge in [0.2, 0.25) is 12.2 Å². The molecule has 4 nitrogen and oxygen atoms in total. The highest BCUT2D eigenvalue weighted by Gasteiger charge is 2.08. The van der Waals surface area contributed by atoms with Gasteiger partial charge in [0.1, 0.15) is 18.1 Å². The number of hydrogen-bond acceptors (Lipinski definition) is 2. The standard InChI is InChI=1S/C19H19N4/c1-16(20-18-9-5-3-6-10-18)22-13-14-23(15-22)17(2)21-19-11-7-4-8-12-19/h3-15H,1-2H3/q+1. The molecule has 2 aromatic carbocycles. The minimum atomic E-state index is 0.905. The van der Waals surface area contributed by atoms with Gasteiger partial charge in [-0.1, -0.05) is 36.4 Å². The van der Waals surface area contributed by atoms with Gasteiger partial charge in [0.15, 0.2) is 5.84 Å². The minimum absolute atomic E-state index is 0.905. The van der Waals surface area contributed by atoms with Gasteiger partial charge in [0, 0.05) is 13.8 Å². The van der Waals surface area contributed by atoms with Gasteiger partial charge in [-0.05, 0) is 24.3 Å². The first-order chi connectivity index (χ1) is 11.2. The van der Waals surface area contributed by atoms with Gasteiger partial charge in [0.25, 0.3) is 0 Å². The van der Waals surface area contributed by atoms with Gasteiger partial charge < -0.3 is 0 Å². The van der Waals surface area contributed by atoms with Crippen molar-refractivity contribution in [3.05, 3.63) is 79.4 Å². The molecule has 1 heterocycles. The average molecular weight is 303 g/mol. The number of rotatable bonds is 2. The van der Waals surface area contributed by atoms with Gasteiger partial charge in [-0.25, -0.2) is 14.1 Å². The molecule has 0 N–H and O–H groups in total. The molecule has 0 aliphatic carbocycles. The Kier molecular flexibility index (Phi) is 4.43. The van der Waals surface area contributed by atoms with Crippen molar-refractivity contribution < 1.29 is 4.57 Å². The largest absolute Gasteiger partial charge is 0.239 e. The third kappa shape index (κ3) is 3.80. The summed E-state index contributed by atoms with van der Waals surface area (Å²) in [5.41, 5.74) is 1.89. The first kappa shape index (κ1) is 14.9. The van der Waals surface area contributed by atoms with Gasteiger partial charge in [-0.3, -0.25) is 0 Å². The smallest absolute Gasteiger partial charge is 0.224 e. The maximum absolute atomic E-state index is 4.61. The molecule has 3 aromatic rings. The summed E-state index contributed by atoms with van der Waals surface area (Å²) in [6, 6.07) is 19.9. The van der Waals surface area contributed by atoms with Gasteiger partial charge in [-0.15, -0.1) is 4.99 Å². The van der Waals surface area contributed by atoms with Crippen LogP contribution < -0.4 is 4.57 Å². The number of nitrogens with zero attached hydrogens (tertiary/aromatic N) is 4. The Bertz CT molecular complexity index is 760. The van der Waals surface area contributed by atoms with Crippen molar-refractivity contribution in [2.75, 3.05) is 0 Å². The lowest BCUT2D eigenvalue weighted by Crippen LogP contribution is -2.38. The van der Waals surface area contributed by atoms with Crippen molar-refractivity contribution >= 4 is 23.0 Å². The van der Waals surface area contributed by atoms with Crippen LogP contribution in [0.25, 0.3) is 0 Å². The van der Waals surface area contributed by atoms with Gasteiger partial charge >= 0.3 is 0 Å². The third-order valence-corrected chi connectivity index (χ3v) is 3.48. The number of aliphatic imine (C=N–C) groups is 2. The first-order valence-corrected chi connectivity index (χ1v) is 7.53. The Labute approximate surface area is 136 Å². The molecule has 114 valence electrons. The molecular weight excluding hydrogens is 284 g/mol. The van der Waals surface area contributed by atoms with Crippen LogP contribution in [0.5, 0.6) is 0 Å². The summed E-state index contributed by atoms with van der Waals surface area (Å²) >= 11 is 0. The number of imidazole rings is 1. The number of hydrogen-bond donors (Lipinski definition) is 0. The van der Waals surface area contributed by atoms with Crippen molar-refractivity contribution in [3.8, 4) is 0 Å². The van der Waals surface area contributed by atoms with Gasteiger partial charge in [-0.2, -0.15) is 0 Å². The predicted molar refractivity (Wildman–Crippen MR) is 93.8 cm³/mol. The molecular formula is C19H19N4+. The number of para-hydroxylation sites is 2. The molecule has 0 saturated carbocycles. The fourth-order valence-electron chi connectivity index (χ4n) is 2.23. The highest BCUT2D eigenvalue weighted by Crippen LogP contribution is 2.11. The summed E-state index contributed by atoms with van der Waals surface area (Å²) < 4.78 is 3.97. The molecule has 4 heteroatoms. The Morgan fingerprint density at radius 1 is 0.826 bits per heavy atom. The maximum atomic E-state index is 4.61. The Morgan fingerprint density at radius 3 is 2.00 bits per heavy atom. The summed E-state index contributed by atoms with van der Waals surface area (Å²) in [4.78, 5) is 9.22. The number of benzene rings is 2. The van der Waals surface area contributed by atoms with Crippen LogP contribution in [0.1, 0.15) is 13.8 Å². The van der Waals surface area contributed by atoms with E-state index < -0.39 is 0 Å². The van der Waals surface area contributed by atoms with E-state index in [0.717, 1.165) is 23.0 Å². The monoisotopic (exact) mass is 303 g/mol. The SMILES string of the molecule is CC(=Nc1ccccc1)n1cc[n+](C(C)=Nc2ccccc2)c1. The Balaban J connectivity index is 1.83. The zero-order chi connectivity index (χ0) is 16.1. The minimum Gasteiger partial charge on any atom is -0.224 e. The molecule has 0 atom stereocenters. The van der Waals surface area contributed by atoms with Crippen LogP contribution in [0.4, 0.5) is 11.4 Å². The molecule has 23 heavy (non-hydrogen) atoms. The van der Waals surface area contributed by atoms with Crippen molar-refractivity contribution in [1.82, 2.24) is 4.57 Å². The molecule has 0 amide bonds. The summed E-state index contributed by atoms with van der Waals surface area (Å²) in [5, 5.41) is 0. The molecule has 0 aliphatic rings. The molecule has 1 aromatic heterocycles. The summed E-state index contributed by atoms with van der Waals surface area (Å²) in [6.07, 6.45) is 5.93. The van der Waals surface area contributed by atoms with Crippen LogP contribution in [-0.4, -0.2) is 16.2 Å². The fourth-order valence-corrected chi connectivity index (χ4v) is 2.23. The van der Waals surface area contributed by atoms with Crippen LogP contribution >= 0.6 is 0 Å². The summed E-state index contributed by atoms with van der Waals surface area (Å²) in [6.45, 7) is 3.97. The summed E-state index contributed by atoms with van der Waals surface area (Å²) in [5.74, 6) is 1.81. The molecule has 0 unspecified atom stereocenters. The van der Waals surface area contributed by atoms with E-state index in [-0.39, 0.29) is 0 Å². The van der Waals surface area contributed by atoms with Gasteiger partial charge in [0.05, 0.1) is 5.69 Å². The lowest BCUT2D eigenvalue weighted by molar-refractivity contribution is -0.555. The lowest BCUT2D eigenvalue weighted by Gasteiger charge is -1.97. The van der Waals surface area contributed by atoms with E-state index >= 15 is 0 Å². The van der Waals surface area contributed by atoms with E-state index in [1.165, 1.54) is 0 Å². The normalized spacial score (nSPS) is 12.4. The van der Waals surface area contributed by atoms with Crippen molar-refractivity contribution in [3.63, 3.8) is 0 Å². The third-order valence-electron chi connectivity index (χ3n) is 3.48. The molecule has 0 spiro atoms. The van der Waals surface area contributed by atoms with E-state index in [0.29, 0.717) is 0 Å². The predicted octanol–water partition coefficient (Wildman–Crippen LogP) is 3.97. The van der Waals surface area contributed by atoms with Crippen LogP contribution in [0.2, 0.25) is 0 Å². The van der Waals surface area contributed by atoms with E-state index in [4.69, 9.17) is 0 Å². The maximum Gasteiger partial charge on any atom is 0.239 e. The van der Waals surface area contributed by atoms with Crippen LogP contribution in [0, 0.1) is 0 Å². The van der Waals surface area contributed by atoms with Crippen molar-refractivity contribution in [1.29, 1.82) is 0 Å². The van der Waals surface area contributed by atoms with Crippen molar-refractivity contribution in [2.24, 2.45) is 9.98 Å². The van der Waals surface area contributed by atoms with E-state index in [1.54, 1.807) is 0 Å². The van der Waals surface area contributed by atoms with Crippen molar-refractivity contribution in [2.45, 2.75) is 13.8 Å². The highest BCUT2D eigenvalue weighted by molar-refractivity contribution is 5.84. The van der Waals surface area contributed by atoms with E-state index in [1.807, 2.05) is 102 Å². The fraction of sp³-hybridized carbons (Fsp3) is 0.105. The molecule has 0 aliphatic heterocycles. The van der Waals surface area contributed by atoms with Crippen LogP contribution in [0.15, 0.2) is 89.4 Å². The second kappa shape index (κ2) is 6.83. The van der Waals surface area contributed by atoms with Crippen LogP contribution in [-0.2, 0) is 0 Å². The second-order valence-electron chi connectivity index (χ2n) is 5.22. The number of aromatic nitrogens is 2. The Morgan fingerprint density at radius 2 is 1.39 bits per heavy atom. The molecule has 0 radical (unpaired) electrons. The average Bonchev–Trinajstić information content (AvgIpc) is 3.07. The second-order valence-corrected chi connectivity index (χ2v) is 5.22. The molecule has 3 rings (SSSR count). The quantitative estimate of drug-likeness (QED) is 0.390. The summed E-state index contributed by atoms with van der Waals surface area (Å²) in [7, 11) is 0. The van der Waals surface area contributed by atoms with E-state index in [9.17, 15) is 0 Å². The molecule has 0 saturated heterocycles. The van der Waals surface area contributed by atoms with E-state index in [2.05, 4.69) is 9.98 Å². The zero-order valence-corrected chi connectivity index (χ0v) is 13.3. The lowest BCUT2D eigenvalue weighted by atomic mass is 10.3. The Hall–Kier alpha value is -3.01. The highest BCUT2D eigenvalue weighted by atomic mass is 15.2.